The van der Waals surface area contributed by atoms with Gasteiger partial charge in [0, 0.05) is 12.5 Å². The maximum atomic E-state index is 9.48. The molecule has 0 spiro atoms. The Hall–Kier alpha value is -1.18. The van der Waals surface area contributed by atoms with Crippen LogP contribution in [-0.2, 0) is 0 Å². The third-order valence-corrected chi connectivity index (χ3v) is 2.45. The highest BCUT2D eigenvalue weighted by atomic mass is 32.3. The van der Waals surface area contributed by atoms with Crippen LogP contribution in [0.2, 0.25) is 0 Å². The van der Waals surface area contributed by atoms with Gasteiger partial charge >= 0.3 is 0 Å². The van der Waals surface area contributed by atoms with Crippen LogP contribution < -0.4 is 0 Å². The van der Waals surface area contributed by atoms with E-state index >= 15 is 0 Å². The topological polar surface area (TPSA) is 83.5 Å². The van der Waals surface area contributed by atoms with Gasteiger partial charge in [0.15, 0.2) is 0 Å². The molecule has 0 radical (unpaired) electrons. The summed E-state index contributed by atoms with van der Waals surface area (Å²) in [4.78, 5) is 4.01. The molecule has 1 heterocycles. The van der Waals surface area contributed by atoms with Gasteiger partial charge in [0.25, 0.3) is 0 Å². The van der Waals surface area contributed by atoms with Crippen molar-refractivity contribution in [1.82, 2.24) is 14.4 Å². The van der Waals surface area contributed by atoms with E-state index in [9.17, 15) is 9.11 Å². The smallest absolute Gasteiger partial charge is 0.200 e. The van der Waals surface area contributed by atoms with E-state index in [0.717, 1.165) is 4.09 Å². The molecule has 0 saturated heterocycles. The first kappa shape index (κ1) is 20.1. The lowest BCUT2D eigenvalue weighted by Gasteiger charge is -2.26. The van der Waals surface area contributed by atoms with Crippen molar-refractivity contribution in [2.45, 2.75) is 41.5 Å². The first-order valence-electron chi connectivity index (χ1n) is 6.31. The van der Waals surface area contributed by atoms with Gasteiger partial charge in [0.1, 0.15) is 5.69 Å². The van der Waals surface area contributed by atoms with Crippen LogP contribution in [0.3, 0.4) is 0 Å². The van der Waals surface area contributed by atoms with Crippen LogP contribution in [0.4, 0.5) is 5.82 Å². The summed E-state index contributed by atoms with van der Waals surface area (Å²) in [5, 5.41) is 7.47. The van der Waals surface area contributed by atoms with Crippen LogP contribution in [0.5, 0.6) is 0 Å². The lowest BCUT2D eigenvalue weighted by molar-refractivity contribution is 0.474. The second-order valence-corrected chi connectivity index (χ2v) is 4.78. The normalized spacial score (nSPS) is 11.8. The molecule has 7 heteroatoms. The highest BCUT2D eigenvalue weighted by molar-refractivity contribution is 8.22. The second-order valence-electron chi connectivity index (χ2n) is 2.85. The summed E-state index contributed by atoms with van der Waals surface area (Å²) in [6, 6.07) is 0. The summed E-state index contributed by atoms with van der Waals surface area (Å²) in [6.07, 6.45) is 6.31. The van der Waals surface area contributed by atoms with E-state index < -0.39 is 10.8 Å². The number of hydrogen-bond donors (Lipinski definition) is 2. The van der Waals surface area contributed by atoms with Crippen LogP contribution >= 0.6 is 10.8 Å². The molecule has 0 amide bonds. The fourth-order valence-electron chi connectivity index (χ4n) is 1.01. The highest BCUT2D eigenvalue weighted by Crippen LogP contribution is 2.39. The van der Waals surface area contributed by atoms with Crippen LogP contribution in [0.1, 0.15) is 47.2 Å². The summed E-state index contributed by atoms with van der Waals surface area (Å²) in [6.45, 7) is 11.6. The van der Waals surface area contributed by atoms with Crippen molar-refractivity contribution in [2.75, 3.05) is 6.26 Å². The first-order chi connectivity index (χ1) is 9.00. The SMILES string of the molecule is C/C=C\c1nnn(S(C)(O)O)c1/N=C\C.CC.CC. The maximum absolute atomic E-state index is 9.48. The average molecular weight is 290 g/mol. The van der Waals surface area contributed by atoms with Gasteiger partial charge in [-0.25, -0.2) is 4.99 Å². The van der Waals surface area contributed by atoms with Crippen molar-refractivity contribution in [1.29, 1.82) is 0 Å². The molecule has 1 aromatic rings. The molecule has 0 bridgehead atoms. The maximum Gasteiger partial charge on any atom is 0.200 e. The molecule has 0 aliphatic heterocycles. The van der Waals surface area contributed by atoms with Gasteiger partial charge in [-0.15, -0.1) is 9.19 Å². The van der Waals surface area contributed by atoms with E-state index in [1.165, 1.54) is 6.26 Å². The molecule has 0 aromatic carbocycles. The van der Waals surface area contributed by atoms with E-state index in [4.69, 9.17) is 0 Å². The number of aromatic nitrogens is 3. The fourth-order valence-corrected chi connectivity index (χ4v) is 1.65. The molecule has 1 aromatic heterocycles. The summed E-state index contributed by atoms with van der Waals surface area (Å²) in [5.74, 6) is 0.345. The van der Waals surface area contributed by atoms with Crippen LogP contribution in [-0.4, -0.2) is 36.0 Å². The second kappa shape index (κ2) is 10.7. The van der Waals surface area contributed by atoms with Crippen molar-refractivity contribution in [3.8, 4) is 0 Å². The zero-order valence-electron chi connectivity index (χ0n) is 12.8. The lowest BCUT2D eigenvalue weighted by Crippen LogP contribution is -2.08. The summed E-state index contributed by atoms with van der Waals surface area (Å²) < 4.78 is 20.0. The highest BCUT2D eigenvalue weighted by Gasteiger charge is 2.17. The van der Waals surface area contributed by atoms with E-state index in [0.29, 0.717) is 11.5 Å². The minimum Gasteiger partial charge on any atom is -0.280 e. The van der Waals surface area contributed by atoms with Gasteiger partial charge in [-0.1, -0.05) is 44.5 Å². The molecule has 0 saturated carbocycles. The van der Waals surface area contributed by atoms with Gasteiger partial charge in [-0.3, -0.25) is 9.11 Å². The Balaban J connectivity index is 0. The summed E-state index contributed by atoms with van der Waals surface area (Å²) in [7, 11) is -2.96. The first-order valence-corrected chi connectivity index (χ1v) is 8.22. The number of aliphatic imine (C=N–C) groups is 1. The lowest BCUT2D eigenvalue weighted by atomic mass is 10.4. The standard InChI is InChI=1S/C8H14N4O2S.2C2H6/c1-4-6-7-8(9-5-2)12(11-10-7)15(3,13)14;2*1-2/h4-6,13-14H,1-3H3;2*1-2H3/b6-4-,9-5-;;. The monoisotopic (exact) mass is 290 g/mol. The number of rotatable bonds is 3. The van der Waals surface area contributed by atoms with Crippen LogP contribution in [0, 0.1) is 0 Å². The largest absolute Gasteiger partial charge is 0.280 e. The van der Waals surface area contributed by atoms with Gasteiger partial charge in [-0.05, 0) is 25.1 Å². The predicted molar refractivity (Wildman–Crippen MR) is 85.4 cm³/mol. The fraction of sp³-hybridized carbons (Fsp3) is 0.583. The number of nitrogens with zero attached hydrogens (tertiary/aromatic N) is 4. The quantitative estimate of drug-likeness (QED) is 0.816. The molecule has 19 heavy (non-hydrogen) atoms. The molecule has 0 atom stereocenters. The van der Waals surface area contributed by atoms with Gasteiger partial charge in [-0.2, -0.15) is 0 Å². The third-order valence-electron chi connectivity index (χ3n) is 1.55. The molecule has 6 nitrogen and oxygen atoms in total. The average Bonchev–Trinajstić information content (AvgIpc) is 2.78. The van der Waals surface area contributed by atoms with Crippen molar-refractivity contribution in [2.24, 2.45) is 4.99 Å². The predicted octanol–water partition coefficient (Wildman–Crippen LogP) is 4.23. The van der Waals surface area contributed by atoms with Crippen molar-refractivity contribution in [3.63, 3.8) is 0 Å². The van der Waals surface area contributed by atoms with Crippen LogP contribution in [0.15, 0.2) is 11.1 Å². The van der Waals surface area contributed by atoms with Crippen molar-refractivity contribution >= 4 is 28.9 Å². The molecule has 0 aliphatic carbocycles. The third kappa shape index (κ3) is 6.51. The van der Waals surface area contributed by atoms with Crippen molar-refractivity contribution in [3.05, 3.63) is 11.8 Å². The Morgan fingerprint density at radius 2 is 1.68 bits per heavy atom. The van der Waals surface area contributed by atoms with Crippen molar-refractivity contribution < 1.29 is 9.11 Å². The van der Waals surface area contributed by atoms with Gasteiger partial charge in [0.2, 0.25) is 5.82 Å². The minimum atomic E-state index is -2.96. The Kier molecular flexibility index (Phi) is 11.4. The number of allylic oxidation sites excluding steroid dienone is 1. The molecular weight excluding hydrogens is 264 g/mol. The Labute approximate surface area is 117 Å². The van der Waals surface area contributed by atoms with E-state index in [2.05, 4.69) is 15.3 Å². The zero-order valence-corrected chi connectivity index (χ0v) is 13.6. The molecule has 0 fully saturated rings. The molecule has 0 unspecified atom stereocenters. The van der Waals surface area contributed by atoms with Gasteiger partial charge < -0.3 is 0 Å². The Morgan fingerprint density at radius 3 is 2.05 bits per heavy atom. The molecule has 112 valence electrons. The zero-order chi connectivity index (χ0) is 15.5. The van der Waals surface area contributed by atoms with E-state index in [-0.39, 0.29) is 0 Å². The van der Waals surface area contributed by atoms with Crippen LogP contribution in [0.25, 0.3) is 6.08 Å². The minimum absolute atomic E-state index is 0.345. The Morgan fingerprint density at radius 1 is 1.16 bits per heavy atom. The summed E-state index contributed by atoms with van der Waals surface area (Å²) >= 11 is 0. The molecular formula is C12H26N4O2S. The van der Waals surface area contributed by atoms with E-state index in [1.54, 1.807) is 25.3 Å². The molecule has 2 N–H and O–H groups in total. The molecule has 0 aliphatic rings. The number of hydrogen-bond acceptors (Lipinski definition) is 5. The molecule has 1 rings (SSSR count). The van der Waals surface area contributed by atoms with Gasteiger partial charge in [0.05, 0.1) is 0 Å². The summed E-state index contributed by atoms with van der Waals surface area (Å²) in [5.41, 5.74) is 0.512. The Bertz CT molecular complexity index is 395. The van der Waals surface area contributed by atoms with E-state index in [1.807, 2.05) is 34.6 Å².